The third-order valence-corrected chi connectivity index (χ3v) is 2.99. The van der Waals surface area contributed by atoms with Gasteiger partial charge < -0.3 is 11.1 Å². The van der Waals surface area contributed by atoms with Gasteiger partial charge in [0.25, 0.3) is 0 Å². The van der Waals surface area contributed by atoms with Crippen molar-refractivity contribution in [1.29, 1.82) is 0 Å². The Hall–Kier alpha value is -2.70. The fourth-order valence-electron chi connectivity index (χ4n) is 2.07. The van der Waals surface area contributed by atoms with Crippen molar-refractivity contribution in [2.45, 2.75) is 20.3 Å². The molecule has 7 heteroatoms. The van der Waals surface area contributed by atoms with E-state index in [1.807, 2.05) is 31.2 Å². The van der Waals surface area contributed by atoms with Gasteiger partial charge in [-0.25, -0.2) is 5.43 Å². The van der Waals surface area contributed by atoms with E-state index in [-0.39, 0.29) is 23.7 Å². The molecule has 0 saturated carbocycles. The first kappa shape index (κ1) is 14.7. The van der Waals surface area contributed by atoms with E-state index in [1.165, 1.54) is 6.92 Å². The zero-order chi connectivity index (χ0) is 15.4. The minimum absolute atomic E-state index is 0.0471. The van der Waals surface area contributed by atoms with Crippen LogP contribution in [0.4, 0.5) is 5.69 Å². The molecule has 1 aliphatic rings. The predicted molar refractivity (Wildman–Crippen MR) is 80.8 cm³/mol. The van der Waals surface area contributed by atoms with Crippen molar-refractivity contribution in [3.05, 3.63) is 29.8 Å². The number of nitrogens with one attached hydrogen (secondary N) is 2. The Kier molecular flexibility index (Phi) is 4.32. The molecule has 2 amide bonds. The van der Waals surface area contributed by atoms with Crippen LogP contribution >= 0.6 is 0 Å². The molecule has 0 aromatic heterocycles. The highest BCUT2D eigenvalue weighted by Crippen LogP contribution is 2.18. The largest absolute Gasteiger partial charge is 0.369 e. The molecule has 0 saturated heterocycles. The molecule has 1 atom stereocenters. The number of nitrogens with two attached hydrogens (primary N) is 1. The van der Waals surface area contributed by atoms with E-state index in [0.29, 0.717) is 12.1 Å². The summed E-state index contributed by atoms with van der Waals surface area (Å²) in [6.45, 7) is 3.29. The standard InChI is InChI=1S/C14H17N5O2/c1-8-7-12(21)18-19-13(8)10-3-5-11(6-4-10)17-14(15)16-9(2)20/h3-6,8H,7H2,1-2H3,(H,18,21)(H3,15,16,17,20). The monoisotopic (exact) mass is 287 g/mol. The van der Waals surface area contributed by atoms with Gasteiger partial charge in [-0.3, -0.25) is 9.59 Å². The fraction of sp³-hybridized carbons (Fsp3) is 0.286. The molecule has 7 nitrogen and oxygen atoms in total. The van der Waals surface area contributed by atoms with Gasteiger partial charge in [0, 0.05) is 24.9 Å². The van der Waals surface area contributed by atoms with Gasteiger partial charge in [-0.2, -0.15) is 10.1 Å². The van der Waals surface area contributed by atoms with Crippen LogP contribution in [0.2, 0.25) is 0 Å². The first-order valence-electron chi connectivity index (χ1n) is 6.54. The summed E-state index contributed by atoms with van der Waals surface area (Å²) >= 11 is 0. The third kappa shape index (κ3) is 3.88. The van der Waals surface area contributed by atoms with E-state index < -0.39 is 0 Å². The number of aliphatic imine (C=N–C) groups is 1. The van der Waals surface area contributed by atoms with E-state index in [0.717, 1.165) is 11.3 Å². The summed E-state index contributed by atoms with van der Waals surface area (Å²) in [5, 5.41) is 6.91. The predicted octanol–water partition coefficient (Wildman–Crippen LogP) is 0.820. The van der Waals surface area contributed by atoms with Gasteiger partial charge >= 0.3 is 0 Å². The van der Waals surface area contributed by atoms with E-state index >= 15 is 0 Å². The molecule has 1 aromatic rings. The molecule has 0 spiro atoms. The Labute approximate surface area is 122 Å². The highest BCUT2D eigenvalue weighted by atomic mass is 16.2. The minimum atomic E-state index is -0.363. The Bertz CT molecular complexity index is 619. The van der Waals surface area contributed by atoms with Gasteiger partial charge in [0.1, 0.15) is 0 Å². The second kappa shape index (κ2) is 6.17. The Morgan fingerprint density at radius 2 is 2.10 bits per heavy atom. The van der Waals surface area contributed by atoms with Crippen LogP contribution in [0.25, 0.3) is 0 Å². The molecule has 0 bridgehead atoms. The number of hydrogen-bond acceptors (Lipinski definition) is 3. The average molecular weight is 287 g/mol. The van der Waals surface area contributed by atoms with Crippen LogP contribution in [0.5, 0.6) is 0 Å². The van der Waals surface area contributed by atoms with Crippen molar-refractivity contribution < 1.29 is 9.59 Å². The summed E-state index contributed by atoms with van der Waals surface area (Å²) in [6, 6.07) is 7.36. The molecule has 1 heterocycles. The van der Waals surface area contributed by atoms with E-state index in [9.17, 15) is 9.59 Å². The zero-order valence-corrected chi connectivity index (χ0v) is 11.9. The van der Waals surface area contributed by atoms with E-state index in [2.05, 4.69) is 20.8 Å². The molecular weight excluding hydrogens is 270 g/mol. The molecule has 1 aromatic carbocycles. The first-order chi connectivity index (χ1) is 9.95. The molecule has 0 radical (unpaired) electrons. The lowest BCUT2D eigenvalue weighted by Gasteiger charge is -2.19. The number of nitrogens with zero attached hydrogens (tertiary/aromatic N) is 2. The third-order valence-electron chi connectivity index (χ3n) is 2.99. The topological polar surface area (TPSA) is 109 Å². The number of benzene rings is 1. The van der Waals surface area contributed by atoms with Crippen molar-refractivity contribution >= 4 is 29.2 Å². The zero-order valence-electron chi connectivity index (χ0n) is 11.9. The van der Waals surface area contributed by atoms with Crippen molar-refractivity contribution in [3.63, 3.8) is 0 Å². The number of amides is 2. The van der Waals surface area contributed by atoms with Crippen LogP contribution in [-0.4, -0.2) is 23.5 Å². The summed E-state index contributed by atoms with van der Waals surface area (Å²) in [4.78, 5) is 25.6. The minimum Gasteiger partial charge on any atom is -0.369 e. The average Bonchev–Trinajstić information content (AvgIpc) is 2.39. The van der Waals surface area contributed by atoms with Crippen LogP contribution in [0, 0.1) is 5.92 Å². The number of hydrazone groups is 1. The van der Waals surface area contributed by atoms with Gasteiger partial charge in [0.2, 0.25) is 17.8 Å². The smallest absolute Gasteiger partial charge is 0.245 e. The SMILES string of the molecule is CC(=O)N=C(N)Nc1ccc(C2=NNC(=O)CC2C)cc1. The number of anilines is 1. The molecule has 21 heavy (non-hydrogen) atoms. The molecule has 4 N–H and O–H groups in total. The summed E-state index contributed by atoms with van der Waals surface area (Å²) in [5.74, 6) is -0.316. The Morgan fingerprint density at radius 3 is 2.67 bits per heavy atom. The maximum Gasteiger partial charge on any atom is 0.245 e. The highest BCUT2D eigenvalue weighted by Gasteiger charge is 2.21. The van der Waals surface area contributed by atoms with Gasteiger partial charge in [-0.15, -0.1) is 0 Å². The van der Waals surface area contributed by atoms with Crippen molar-refractivity contribution in [2.24, 2.45) is 21.7 Å². The molecule has 0 aliphatic carbocycles. The molecule has 1 aliphatic heterocycles. The van der Waals surface area contributed by atoms with Gasteiger partial charge in [0.15, 0.2) is 0 Å². The van der Waals surface area contributed by atoms with Crippen LogP contribution in [0.3, 0.4) is 0 Å². The molecule has 0 fully saturated rings. The van der Waals surface area contributed by atoms with Crippen LogP contribution in [0.15, 0.2) is 34.4 Å². The molecule has 1 unspecified atom stereocenters. The number of hydrogen-bond donors (Lipinski definition) is 3. The van der Waals surface area contributed by atoms with Gasteiger partial charge in [-0.05, 0) is 17.7 Å². The summed E-state index contributed by atoms with van der Waals surface area (Å²) in [7, 11) is 0. The summed E-state index contributed by atoms with van der Waals surface area (Å²) in [6.07, 6.45) is 0.428. The van der Waals surface area contributed by atoms with Crippen molar-refractivity contribution in [1.82, 2.24) is 5.43 Å². The maximum absolute atomic E-state index is 11.2. The lowest BCUT2D eigenvalue weighted by atomic mass is 9.94. The van der Waals surface area contributed by atoms with Crippen molar-refractivity contribution in [2.75, 3.05) is 5.32 Å². The van der Waals surface area contributed by atoms with Crippen LogP contribution < -0.4 is 16.5 Å². The van der Waals surface area contributed by atoms with Crippen molar-refractivity contribution in [3.8, 4) is 0 Å². The van der Waals surface area contributed by atoms with Crippen LogP contribution in [-0.2, 0) is 9.59 Å². The van der Waals surface area contributed by atoms with Gasteiger partial charge in [0.05, 0.1) is 5.71 Å². The normalized spacial score (nSPS) is 18.8. The lowest BCUT2D eigenvalue weighted by Crippen LogP contribution is -2.31. The number of guanidine groups is 1. The van der Waals surface area contributed by atoms with Crippen LogP contribution in [0.1, 0.15) is 25.8 Å². The Morgan fingerprint density at radius 1 is 1.43 bits per heavy atom. The second-order valence-electron chi connectivity index (χ2n) is 4.86. The summed E-state index contributed by atoms with van der Waals surface area (Å²) < 4.78 is 0. The molecule has 110 valence electrons. The summed E-state index contributed by atoms with van der Waals surface area (Å²) in [5.41, 5.74) is 10.5. The molecular formula is C14H17N5O2. The first-order valence-corrected chi connectivity index (χ1v) is 6.54. The second-order valence-corrected chi connectivity index (χ2v) is 4.86. The Balaban J connectivity index is 2.12. The number of rotatable bonds is 2. The number of carbonyl (C=O) groups excluding carboxylic acids is 2. The quantitative estimate of drug-likeness (QED) is 0.552. The van der Waals surface area contributed by atoms with E-state index in [1.54, 1.807) is 0 Å². The highest BCUT2D eigenvalue weighted by molar-refractivity contribution is 6.06. The van der Waals surface area contributed by atoms with E-state index in [4.69, 9.17) is 5.73 Å². The van der Waals surface area contributed by atoms with Gasteiger partial charge in [-0.1, -0.05) is 19.1 Å². The maximum atomic E-state index is 11.2. The number of carbonyl (C=O) groups is 2. The lowest BCUT2D eigenvalue weighted by molar-refractivity contribution is -0.122. The molecule has 2 rings (SSSR count). The fourth-order valence-corrected chi connectivity index (χ4v) is 2.07.